The fourth-order valence-electron chi connectivity index (χ4n) is 3.59. The molecule has 0 saturated heterocycles. The second-order valence-corrected chi connectivity index (χ2v) is 10.5. The molecule has 0 saturated carbocycles. The van der Waals surface area contributed by atoms with Gasteiger partial charge in [0.2, 0.25) is 0 Å². The summed E-state index contributed by atoms with van der Waals surface area (Å²) < 4.78 is 43.1. The number of rotatable bonds is 12. The fraction of sp³-hybridized carbons (Fsp3) is 0.158. The van der Waals surface area contributed by atoms with E-state index in [9.17, 15) is 19.2 Å². The lowest BCUT2D eigenvalue weighted by molar-refractivity contribution is -0.139. The molecule has 0 radical (unpaired) electrons. The van der Waals surface area contributed by atoms with E-state index >= 15 is 4.39 Å². The maximum atomic E-state index is 16.5. The highest BCUT2D eigenvalue weighted by Gasteiger charge is 2.25. The third-order valence-corrected chi connectivity index (χ3v) is 6.11. The predicted molar refractivity (Wildman–Crippen MR) is 177 cm³/mol. The molecular formula is C38H33FO9. The van der Waals surface area contributed by atoms with E-state index in [4.69, 9.17) is 23.7 Å². The van der Waals surface area contributed by atoms with Crippen molar-refractivity contribution < 1.29 is 47.3 Å². The van der Waals surface area contributed by atoms with Crippen LogP contribution in [0, 0.1) is 17.7 Å². The first-order valence-corrected chi connectivity index (χ1v) is 14.4. The Bertz CT molecular complexity index is 1870. The topological polar surface area (TPSA) is 114 Å². The van der Waals surface area contributed by atoms with E-state index in [0.717, 1.165) is 0 Å². The van der Waals surface area contributed by atoms with Gasteiger partial charge in [-0.1, -0.05) is 50.3 Å². The minimum absolute atomic E-state index is 0.00121. The summed E-state index contributed by atoms with van der Waals surface area (Å²) in [6, 6.07) is 13.5. The van der Waals surface area contributed by atoms with Crippen molar-refractivity contribution in [3.8, 4) is 46.0 Å². The first kappa shape index (κ1) is 36.3. The smallest absolute Gasteiger partial charge is 0.338 e. The van der Waals surface area contributed by atoms with Gasteiger partial charge in [-0.15, -0.1) is 0 Å². The Labute approximate surface area is 277 Å². The summed E-state index contributed by atoms with van der Waals surface area (Å²) in [6.07, 6.45) is 0. The van der Waals surface area contributed by atoms with Crippen LogP contribution in [-0.4, -0.2) is 37.1 Å². The maximum Gasteiger partial charge on any atom is 0.338 e. The van der Waals surface area contributed by atoms with Crippen molar-refractivity contribution in [2.45, 2.75) is 27.7 Å². The van der Waals surface area contributed by atoms with E-state index in [2.05, 4.69) is 38.2 Å². The van der Waals surface area contributed by atoms with Crippen LogP contribution in [0.25, 0.3) is 11.1 Å². The van der Waals surface area contributed by atoms with Crippen LogP contribution in [0.3, 0.4) is 0 Å². The first-order valence-electron chi connectivity index (χ1n) is 14.4. The van der Waals surface area contributed by atoms with Gasteiger partial charge in [0, 0.05) is 33.9 Å². The molecule has 3 aromatic carbocycles. The lowest BCUT2D eigenvalue weighted by Crippen LogP contribution is -2.13. The highest BCUT2D eigenvalue weighted by atomic mass is 19.1. The number of benzene rings is 3. The van der Waals surface area contributed by atoms with Gasteiger partial charge in [0.15, 0.2) is 11.6 Å². The van der Waals surface area contributed by atoms with Crippen LogP contribution in [0.5, 0.6) is 23.0 Å². The molecule has 0 aliphatic carbocycles. The number of hydrogen-bond donors (Lipinski definition) is 0. The Balaban J connectivity index is 2.05. The Hall–Kier alpha value is -6.21. The number of carbonyl (C=O) groups excluding carboxylic acids is 4. The van der Waals surface area contributed by atoms with Crippen molar-refractivity contribution in [1.82, 2.24) is 0 Å². The van der Waals surface area contributed by atoms with Crippen molar-refractivity contribution in [3.63, 3.8) is 0 Å². The molecule has 0 fully saturated rings. The minimum Gasteiger partial charge on any atom is -0.490 e. The van der Waals surface area contributed by atoms with Crippen molar-refractivity contribution in [1.29, 1.82) is 0 Å². The van der Waals surface area contributed by atoms with Gasteiger partial charge in [0.05, 0.1) is 11.1 Å². The number of esters is 4. The van der Waals surface area contributed by atoms with Crippen LogP contribution in [0.1, 0.15) is 38.8 Å². The van der Waals surface area contributed by atoms with Gasteiger partial charge in [-0.05, 0) is 69.7 Å². The Morgan fingerprint density at radius 1 is 0.646 bits per heavy atom. The summed E-state index contributed by atoms with van der Waals surface area (Å²) >= 11 is 0. The Kier molecular flexibility index (Phi) is 12.4. The maximum absolute atomic E-state index is 16.5. The molecule has 0 aromatic heterocycles. The summed E-state index contributed by atoms with van der Waals surface area (Å²) in [6.45, 7) is 20.2. The summed E-state index contributed by atoms with van der Waals surface area (Å²) in [5.74, 6) is 1.58. The van der Waals surface area contributed by atoms with Crippen LogP contribution in [0.15, 0.2) is 103 Å². The number of halogens is 1. The molecule has 0 N–H and O–H groups in total. The quantitative estimate of drug-likeness (QED) is 0.0682. The van der Waals surface area contributed by atoms with Gasteiger partial charge in [0.1, 0.15) is 30.5 Å². The Morgan fingerprint density at radius 2 is 1.17 bits per heavy atom. The largest absolute Gasteiger partial charge is 0.490 e. The van der Waals surface area contributed by atoms with Gasteiger partial charge in [-0.25, -0.2) is 23.6 Å². The second-order valence-electron chi connectivity index (χ2n) is 10.5. The molecule has 0 spiro atoms. The SMILES string of the molecule is C=C(C)C(=O)OCCOc1ccc(C#Cc2cc(OC(=O)C(=C)C)c(-c3ccc(OC(=O)C(=C)C)cc3)c(F)c2OC(=O)C(=C)C)cc1. The number of carbonyl (C=O) groups is 4. The summed E-state index contributed by atoms with van der Waals surface area (Å²) in [4.78, 5) is 48.6. The monoisotopic (exact) mass is 652 g/mol. The van der Waals surface area contributed by atoms with Crippen LogP contribution in [-0.2, 0) is 23.9 Å². The highest BCUT2D eigenvalue weighted by Crippen LogP contribution is 2.41. The van der Waals surface area contributed by atoms with Gasteiger partial charge in [-0.3, -0.25) is 0 Å². The third-order valence-electron chi connectivity index (χ3n) is 6.11. The average Bonchev–Trinajstić information content (AvgIpc) is 3.04. The molecule has 0 bridgehead atoms. The van der Waals surface area contributed by atoms with Crippen molar-refractivity contribution >= 4 is 23.9 Å². The van der Waals surface area contributed by atoms with E-state index in [1.807, 2.05) is 0 Å². The summed E-state index contributed by atoms with van der Waals surface area (Å²) in [7, 11) is 0. The Morgan fingerprint density at radius 3 is 1.73 bits per heavy atom. The van der Waals surface area contributed by atoms with Crippen molar-refractivity contribution in [2.75, 3.05) is 13.2 Å². The molecule has 48 heavy (non-hydrogen) atoms. The van der Waals surface area contributed by atoms with E-state index < -0.39 is 35.4 Å². The molecule has 0 amide bonds. The van der Waals surface area contributed by atoms with Gasteiger partial charge < -0.3 is 23.7 Å². The highest BCUT2D eigenvalue weighted by molar-refractivity contribution is 5.92. The first-order chi connectivity index (χ1) is 22.7. The molecule has 0 aliphatic heterocycles. The molecular weight excluding hydrogens is 619 g/mol. The van der Waals surface area contributed by atoms with E-state index in [1.165, 1.54) is 51.1 Å². The molecule has 3 rings (SSSR count). The normalized spacial score (nSPS) is 10.0. The van der Waals surface area contributed by atoms with Crippen LogP contribution >= 0.6 is 0 Å². The standard InChI is InChI=1S/C38H33FO9/c1-22(2)35(40)45-20-19-44-29-15-10-26(11-16-29)9-12-28-21-31(47-37(42)24(5)6)32(33(39)34(28)48-38(43)25(7)8)27-13-17-30(18-14-27)46-36(41)23(3)4/h10-11,13-18,21H,1,3,5,7,19-20H2,2,4,6,8H3. The van der Waals surface area contributed by atoms with E-state index in [-0.39, 0.29) is 63.7 Å². The molecule has 10 heteroatoms. The molecule has 3 aromatic rings. The van der Waals surface area contributed by atoms with Gasteiger partial charge >= 0.3 is 23.9 Å². The lowest BCUT2D eigenvalue weighted by atomic mass is 10.00. The molecule has 0 atom stereocenters. The van der Waals surface area contributed by atoms with Crippen LogP contribution in [0.4, 0.5) is 4.39 Å². The second kappa shape index (κ2) is 16.4. The number of hydrogen-bond acceptors (Lipinski definition) is 9. The zero-order valence-electron chi connectivity index (χ0n) is 27.0. The van der Waals surface area contributed by atoms with Gasteiger partial charge in [0.25, 0.3) is 0 Å². The average molecular weight is 653 g/mol. The molecule has 0 aliphatic rings. The summed E-state index contributed by atoms with van der Waals surface area (Å²) in [5.41, 5.74) is 0.857. The number of ether oxygens (including phenoxy) is 5. The van der Waals surface area contributed by atoms with E-state index in [0.29, 0.717) is 11.3 Å². The zero-order valence-corrected chi connectivity index (χ0v) is 27.0. The lowest BCUT2D eigenvalue weighted by Gasteiger charge is -2.16. The fourth-order valence-corrected chi connectivity index (χ4v) is 3.59. The van der Waals surface area contributed by atoms with Crippen LogP contribution in [0.2, 0.25) is 0 Å². The van der Waals surface area contributed by atoms with Crippen LogP contribution < -0.4 is 18.9 Å². The van der Waals surface area contributed by atoms with Crippen molar-refractivity contribution in [2.24, 2.45) is 0 Å². The molecule has 9 nitrogen and oxygen atoms in total. The third kappa shape index (κ3) is 9.89. The summed E-state index contributed by atoms with van der Waals surface area (Å²) in [5, 5.41) is 0. The molecule has 0 heterocycles. The predicted octanol–water partition coefficient (Wildman–Crippen LogP) is 6.84. The minimum atomic E-state index is -1.05. The molecule has 246 valence electrons. The zero-order chi connectivity index (χ0) is 35.5. The molecule has 0 unspecified atom stereocenters. The van der Waals surface area contributed by atoms with Crippen molar-refractivity contribution in [3.05, 3.63) is 120 Å². The van der Waals surface area contributed by atoms with E-state index in [1.54, 1.807) is 31.2 Å². The van der Waals surface area contributed by atoms with Gasteiger partial charge in [-0.2, -0.15) is 0 Å².